The van der Waals surface area contributed by atoms with Crippen LogP contribution in [0.15, 0.2) is 42.7 Å². The van der Waals surface area contributed by atoms with E-state index in [0.717, 1.165) is 22.6 Å². The van der Waals surface area contributed by atoms with Crippen molar-refractivity contribution < 1.29 is 14.6 Å². The number of hydrogen-bond acceptors (Lipinski definition) is 5. The number of rotatable bonds is 8. The Morgan fingerprint density at radius 3 is 2.64 bits per heavy atom. The van der Waals surface area contributed by atoms with Gasteiger partial charge in [-0.05, 0) is 42.3 Å². The molecule has 1 heterocycles. The number of aliphatic hydroxyl groups is 1. The summed E-state index contributed by atoms with van der Waals surface area (Å²) in [6.07, 6.45) is 2.81. The molecular weight excluding hydrogens is 280 g/mol. The maximum atomic E-state index is 10.1. The third-order valence-corrected chi connectivity index (χ3v) is 3.29. The van der Waals surface area contributed by atoms with E-state index >= 15 is 0 Å². The van der Waals surface area contributed by atoms with Crippen LogP contribution in [-0.4, -0.2) is 30.4 Å². The van der Waals surface area contributed by atoms with Crippen molar-refractivity contribution in [3.63, 3.8) is 0 Å². The highest BCUT2D eigenvalue weighted by Crippen LogP contribution is 2.28. The van der Waals surface area contributed by atoms with Gasteiger partial charge < -0.3 is 19.9 Å². The van der Waals surface area contributed by atoms with Gasteiger partial charge in [-0.25, -0.2) is 0 Å². The second-order valence-electron chi connectivity index (χ2n) is 4.85. The number of nitrogens with zero attached hydrogens (tertiary/aromatic N) is 1. The van der Waals surface area contributed by atoms with Crippen molar-refractivity contribution in [3.05, 3.63) is 53.9 Å². The molecule has 118 valence electrons. The molecule has 0 radical (unpaired) electrons. The molecule has 1 aromatic carbocycles. The Labute approximate surface area is 130 Å². The van der Waals surface area contributed by atoms with Crippen LogP contribution in [0, 0.1) is 0 Å². The molecule has 5 nitrogen and oxygen atoms in total. The molecule has 0 bridgehead atoms. The number of nitrogens with one attached hydrogen (secondary N) is 1. The summed E-state index contributed by atoms with van der Waals surface area (Å²) >= 11 is 0. The molecule has 0 saturated carbocycles. The second kappa shape index (κ2) is 8.36. The van der Waals surface area contributed by atoms with Crippen LogP contribution in [0.2, 0.25) is 0 Å². The Morgan fingerprint density at radius 1 is 1.18 bits per heavy atom. The van der Waals surface area contributed by atoms with Gasteiger partial charge in [0, 0.05) is 25.5 Å². The quantitative estimate of drug-likeness (QED) is 0.783. The average molecular weight is 302 g/mol. The highest BCUT2D eigenvalue weighted by molar-refractivity contribution is 5.42. The molecule has 0 aliphatic heterocycles. The van der Waals surface area contributed by atoms with Gasteiger partial charge in [0.2, 0.25) is 0 Å². The highest BCUT2D eigenvalue weighted by Gasteiger charge is 2.08. The number of hydrogen-bond donors (Lipinski definition) is 2. The highest BCUT2D eigenvalue weighted by atomic mass is 16.5. The largest absolute Gasteiger partial charge is 0.493 e. The molecule has 0 aliphatic rings. The summed E-state index contributed by atoms with van der Waals surface area (Å²) in [6, 6.07) is 9.45. The van der Waals surface area contributed by atoms with Gasteiger partial charge in [0.05, 0.1) is 19.8 Å². The van der Waals surface area contributed by atoms with Gasteiger partial charge in [-0.2, -0.15) is 0 Å². The van der Waals surface area contributed by atoms with Gasteiger partial charge in [-0.15, -0.1) is 0 Å². The maximum Gasteiger partial charge on any atom is 0.161 e. The van der Waals surface area contributed by atoms with Gasteiger partial charge >= 0.3 is 0 Å². The lowest BCUT2D eigenvalue weighted by Crippen LogP contribution is -2.21. The molecule has 22 heavy (non-hydrogen) atoms. The lowest BCUT2D eigenvalue weighted by Gasteiger charge is -2.14. The number of aromatic nitrogens is 1. The molecule has 2 aromatic rings. The van der Waals surface area contributed by atoms with Crippen LogP contribution in [0.25, 0.3) is 0 Å². The monoisotopic (exact) mass is 302 g/mol. The minimum Gasteiger partial charge on any atom is -0.493 e. The van der Waals surface area contributed by atoms with E-state index in [9.17, 15) is 5.11 Å². The Hall–Kier alpha value is -2.11. The first-order chi connectivity index (χ1) is 10.7. The fraction of sp³-hybridized carbons (Fsp3) is 0.353. The van der Waals surface area contributed by atoms with E-state index in [2.05, 4.69) is 10.3 Å². The summed E-state index contributed by atoms with van der Waals surface area (Å²) in [6.45, 7) is 3.65. The first-order valence-corrected chi connectivity index (χ1v) is 7.33. The molecular formula is C17H22N2O3. The normalized spacial score (nSPS) is 12.0. The lowest BCUT2D eigenvalue weighted by molar-refractivity contribution is 0.174. The molecule has 2 rings (SSSR count). The first-order valence-electron chi connectivity index (χ1n) is 7.33. The zero-order chi connectivity index (χ0) is 15.8. The third kappa shape index (κ3) is 4.44. The molecule has 0 amide bonds. The summed E-state index contributed by atoms with van der Waals surface area (Å²) < 4.78 is 10.8. The molecule has 1 atom stereocenters. The van der Waals surface area contributed by atoms with E-state index in [4.69, 9.17) is 9.47 Å². The predicted molar refractivity (Wildman–Crippen MR) is 85.1 cm³/mol. The minimum absolute atomic E-state index is 0.472. The molecule has 0 fully saturated rings. The van der Waals surface area contributed by atoms with E-state index in [1.807, 2.05) is 37.3 Å². The van der Waals surface area contributed by atoms with Crippen molar-refractivity contribution in [3.8, 4) is 11.5 Å². The third-order valence-electron chi connectivity index (χ3n) is 3.29. The summed E-state index contributed by atoms with van der Waals surface area (Å²) in [5, 5.41) is 13.3. The van der Waals surface area contributed by atoms with Crippen molar-refractivity contribution in [2.75, 3.05) is 20.3 Å². The summed E-state index contributed by atoms with van der Waals surface area (Å²) in [5.41, 5.74) is 1.93. The molecule has 0 aliphatic carbocycles. The van der Waals surface area contributed by atoms with E-state index in [0.29, 0.717) is 19.7 Å². The Kier molecular flexibility index (Phi) is 6.18. The van der Waals surface area contributed by atoms with Crippen LogP contribution in [-0.2, 0) is 6.54 Å². The van der Waals surface area contributed by atoms with E-state index < -0.39 is 6.10 Å². The van der Waals surface area contributed by atoms with Crippen LogP contribution in [0.3, 0.4) is 0 Å². The standard InChI is InChI=1S/C17H22N2O3/c1-3-22-17-10-13(4-5-16(17)21-2)11-19-12-15(20)14-6-8-18-9-7-14/h4-10,15,19-20H,3,11-12H2,1-2H3. The van der Waals surface area contributed by atoms with Crippen LogP contribution >= 0.6 is 0 Å². The molecule has 0 saturated heterocycles. The number of pyridine rings is 1. The number of ether oxygens (including phenoxy) is 2. The van der Waals surface area contributed by atoms with E-state index in [1.54, 1.807) is 19.5 Å². The Balaban J connectivity index is 1.90. The average Bonchev–Trinajstić information content (AvgIpc) is 2.56. The number of methoxy groups -OCH3 is 1. The van der Waals surface area contributed by atoms with Crippen LogP contribution < -0.4 is 14.8 Å². The van der Waals surface area contributed by atoms with Gasteiger partial charge in [0.25, 0.3) is 0 Å². The summed E-state index contributed by atoms with van der Waals surface area (Å²) in [4.78, 5) is 3.94. The zero-order valence-electron chi connectivity index (χ0n) is 13.0. The molecule has 2 N–H and O–H groups in total. The van der Waals surface area contributed by atoms with Crippen LogP contribution in [0.4, 0.5) is 0 Å². The van der Waals surface area contributed by atoms with Gasteiger partial charge in [0.15, 0.2) is 11.5 Å². The van der Waals surface area contributed by atoms with E-state index in [-0.39, 0.29) is 0 Å². The van der Waals surface area contributed by atoms with Crippen molar-refractivity contribution in [2.24, 2.45) is 0 Å². The minimum atomic E-state index is -0.549. The number of benzene rings is 1. The topological polar surface area (TPSA) is 63.6 Å². The second-order valence-corrected chi connectivity index (χ2v) is 4.85. The molecule has 5 heteroatoms. The molecule has 1 unspecified atom stereocenters. The van der Waals surface area contributed by atoms with E-state index in [1.165, 1.54) is 0 Å². The number of aliphatic hydroxyl groups excluding tert-OH is 1. The van der Waals surface area contributed by atoms with Crippen molar-refractivity contribution in [2.45, 2.75) is 19.6 Å². The zero-order valence-corrected chi connectivity index (χ0v) is 13.0. The lowest BCUT2D eigenvalue weighted by atomic mass is 10.1. The van der Waals surface area contributed by atoms with Crippen molar-refractivity contribution in [1.29, 1.82) is 0 Å². The van der Waals surface area contributed by atoms with Crippen molar-refractivity contribution >= 4 is 0 Å². The maximum absolute atomic E-state index is 10.1. The fourth-order valence-corrected chi connectivity index (χ4v) is 2.16. The summed E-state index contributed by atoms with van der Waals surface area (Å²) in [7, 11) is 1.63. The van der Waals surface area contributed by atoms with Crippen molar-refractivity contribution in [1.82, 2.24) is 10.3 Å². The molecule has 1 aromatic heterocycles. The smallest absolute Gasteiger partial charge is 0.161 e. The van der Waals surface area contributed by atoms with Gasteiger partial charge in [-0.1, -0.05) is 6.07 Å². The Bertz CT molecular complexity index is 575. The van der Waals surface area contributed by atoms with Gasteiger partial charge in [0.1, 0.15) is 0 Å². The Morgan fingerprint density at radius 2 is 1.95 bits per heavy atom. The summed E-state index contributed by atoms with van der Waals surface area (Å²) in [5.74, 6) is 1.46. The van der Waals surface area contributed by atoms with Gasteiger partial charge in [-0.3, -0.25) is 4.98 Å². The first kappa shape index (κ1) is 16.3. The van der Waals surface area contributed by atoms with Crippen LogP contribution in [0.5, 0.6) is 11.5 Å². The van der Waals surface area contributed by atoms with Crippen LogP contribution in [0.1, 0.15) is 24.2 Å². The SMILES string of the molecule is CCOc1cc(CNCC(O)c2ccncc2)ccc1OC. The fourth-order valence-electron chi connectivity index (χ4n) is 2.16. The molecule has 0 spiro atoms. The predicted octanol–water partition coefficient (Wildman–Crippen LogP) is 2.31.